The van der Waals surface area contributed by atoms with Crippen LogP contribution in [0.15, 0.2) is 47.5 Å². The quantitative estimate of drug-likeness (QED) is 0.507. The van der Waals surface area contributed by atoms with Crippen LogP contribution in [-0.4, -0.2) is 44.2 Å². The van der Waals surface area contributed by atoms with Gasteiger partial charge in [-0.2, -0.15) is 5.26 Å². The van der Waals surface area contributed by atoms with Crippen molar-refractivity contribution in [3.63, 3.8) is 0 Å². The molecule has 0 bridgehead atoms. The van der Waals surface area contributed by atoms with Gasteiger partial charge in [0.25, 0.3) is 0 Å². The number of halogens is 1. The minimum atomic E-state index is -0.646. The fourth-order valence-electron chi connectivity index (χ4n) is 4.65. The van der Waals surface area contributed by atoms with Gasteiger partial charge in [0.15, 0.2) is 17.3 Å². The number of allylic oxidation sites excluding steroid dienone is 3. The van der Waals surface area contributed by atoms with Gasteiger partial charge >= 0.3 is 0 Å². The standard InChI is InChI=1S/C26H32ClN3O4/c1-6-9-34-24-18(27)11-16(12-21(24)33-7-2)22-17(15-28)25(29)30(8-10-32-5)19-13-26(3,4)14-20(31)23(19)22/h6,11-12,22H,1,7-10,13-14,29H2,2-5H3/t22-/m0/s1. The van der Waals surface area contributed by atoms with Crippen molar-refractivity contribution in [2.75, 3.05) is 33.5 Å². The van der Waals surface area contributed by atoms with Crippen LogP contribution in [0.5, 0.6) is 11.5 Å². The van der Waals surface area contributed by atoms with E-state index < -0.39 is 5.92 Å². The van der Waals surface area contributed by atoms with E-state index in [1.54, 1.807) is 25.3 Å². The molecule has 182 valence electrons. The number of nitrogens with two attached hydrogens (primary N) is 1. The molecule has 7 nitrogen and oxygen atoms in total. The van der Waals surface area contributed by atoms with Crippen molar-refractivity contribution >= 4 is 17.4 Å². The first-order valence-electron chi connectivity index (χ1n) is 11.3. The van der Waals surface area contributed by atoms with E-state index >= 15 is 0 Å². The molecule has 1 aromatic rings. The maximum absolute atomic E-state index is 13.5. The number of ether oxygens (including phenoxy) is 3. The van der Waals surface area contributed by atoms with Gasteiger partial charge in [-0.25, -0.2) is 0 Å². The maximum atomic E-state index is 13.5. The Labute approximate surface area is 206 Å². The zero-order valence-electron chi connectivity index (χ0n) is 20.2. The third kappa shape index (κ3) is 4.94. The van der Waals surface area contributed by atoms with Crippen LogP contribution in [0.3, 0.4) is 0 Å². The third-order valence-electron chi connectivity index (χ3n) is 6.02. The van der Waals surface area contributed by atoms with Crippen LogP contribution < -0.4 is 15.2 Å². The molecule has 0 aromatic heterocycles. The van der Waals surface area contributed by atoms with E-state index in [0.29, 0.717) is 71.7 Å². The lowest BCUT2D eigenvalue weighted by molar-refractivity contribution is -0.118. The van der Waals surface area contributed by atoms with Crippen LogP contribution in [0.4, 0.5) is 0 Å². The summed E-state index contributed by atoms with van der Waals surface area (Å²) in [5, 5.41) is 10.5. The first-order valence-corrected chi connectivity index (χ1v) is 11.7. The Hall–Kier alpha value is -2.95. The third-order valence-corrected chi connectivity index (χ3v) is 6.30. The number of benzene rings is 1. The van der Waals surface area contributed by atoms with Gasteiger partial charge < -0.3 is 24.8 Å². The maximum Gasteiger partial charge on any atom is 0.180 e. The second-order valence-corrected chi connectivity index (χ2v) is 9.56. The molecule has 2 aliphatic rings. The highest BCUT2D eigenvalue weighted by atomic mass is 35.5. The Balaban J connectivity index is 2.24. The largest absolute Gasteiger partial charge is 0.490 e. The molecule has 0 unspecified atom stereocenters. The van der Waals surface area contributed by atoms with Gasteiger partial charge in [0.2, 0.25) is 0 Å². The van der Waals surface area contributed by atoms with E-state index in [1.165, 1.54) is 0 Å². The van der Waals surface area contributed by atoms with E-state index in [4.69, 9.17) is 31.5 Å². The molecule has 1 aliphatic heterocycles. The van der Waals surface area contributed by atoms with E-state index in [1.807, 2.05) is 11.8 Å². The lowest BCUT2D eigenvalue weighted by Gasteiger charge is -2.43. The number of nitrogens with zero attached hydrogens (tertiary/aromatic N) is 2. The zero-order valence-corrected chi connectivity index (χ0v) is 21.0. The molecule has 1 aromatic carbocycles. The van der Waals surface area contributed by atoms with Gasteiger partial charge in [0.1, 0.15) is 12.4 Å². The molecule has 0 spiro atoms. The Morgan fingerprint density at radius 1 is 1.35 bits per heavy atom. The lowest BCUT2D eigenvalue weighted by Crippen LogP contribution is -2.43. The molecule has 0 saturated heterocycles. The summed E-state index contributed by atoms with van der Waals surface area (Å²) in [6, 6.07) is 5.77. The molecule has 3 rings (SSSR count). The number of carbonyl (C=O) groups is 1. The zero-order chi connectivity index (χ0) is 25.0. The fourth-order valence-corrected chi connectivity index (χ4v) is 4.92. The van der Waals surface area contributed by atoms with Crippen molar-refractivity contribution in [3.05, 3.63) is 58.0 Å². The number of hydrogen-bond donors (Lipinski definition) is 1. The fraction of sp³-hybridized carbons (Fsp3) is 0.462. The molecule has 1 atom stereocenters. The van der Waals surface area contributed by atoms with Crippen molar-refractivity contribution in [1.82, 2.24) is 4.90 Å². The molecule has 0 fully saturated rings. The van der Waals surface area contributed by atoms with E-state index in [9.17, 15) is 10.1 Å². The second-order valence-electron chi connectivity index (χ2n) is 9.15. The molecular formula is C26H32ClN3O4. The second kappa shape index (κ2) is 10.5. The van der Waals surface area contributed by atoms with E-state index in [-0.39, 0.29) is 17.8 Å². The number of hydrogen-bond acceptors (Lipinski definition) is 7. The molecule has 1 aliphatic carbocycles. The van der Waals surface area contributed by atoms with Gasteiger partial charge in [-0.1, -0.05) is 38.1 Å². The number of rotatable bonds is 9. The number of nitriles is 1. The Bertz CT molecular complexity index is 1080. The minimum absolute atomic E-state index is 0.0000157. The highest BCUT2D eigenvalue weighted by molar-refractivity contribution is 6.32. The summed E-state index contributed by atoms with van der Waals surface area (Å²) in [6.45, 7) is 11.2. The van der Waals surface area contributed by atoms with Crippen molar-refractivity contribution in [2.24, 2.45) is 11.1 Å². The van der Waals surface area contributed by atoms with Crippen LogP contribution >= 0.6 is 11.6 Å². The first kappa shape index (κ1) is 25.7. The van der Waals surface area contributed by atoms with Crippen LogP contribution in [-0.2, 0) is 9.53 Å². The molecular weight excluding hydrogens is 454 g/mol. The van der Waals surface area contributed by atoms with Crippen LogP contribution in [0.1, 0.15) is 45.1 Å². The summed E-state index contributed by atoms with van der Waals surface area (Å²) in [4.78, 5) is 15.4. The minimum Gasteiger partial charge on any atom is -0.490 e. The highest BCUT2D eigenvalue weighted by Crippen LogP contribution is 2.50. The number of carbonyl (C=O) groups excluding carboxylic acids is 1. The van der Waals surface area contributed by atoms with Crippen LogP contribution in [0.2, 0.25) is 5.02 Å². The molecule has 34 heavy (non-hydrogen) atoms. The predicted molar refractivity (Wildman–Crippen MR) is 132 cm³/mol. The average molecular weight is 486 g/mol. The number of methoxy groups -OCH3 is 1. The van der Waals surface area contributed by atoms with Gasteiger partial charge in [-0.15, -0.1) is 0 Å². The summed E-state index contributed by atoms with van der Waals surface area (Å²) < 4.78 is 16.8. The SMILES string of the molecule is C=CCOc1c(Cl)cc([C@H]2C(C#N)=C(N)N(CCOC)C3=C2C(=O)CC(C)(C)C3)cc1OCC. The van der Waals surface area contributed by atoms with Crippen molar-refractivity contribution in [2.45, 2.75) is 39.5 Å². The number of ketones is 1. The number of Topliss-reactive ketones (excluding diaryl/α,β-unsaturated/α-hetero) is 1. The Morgan fingerprint density at radius 3 is 2.71 bits per heavy atom. The van der Waals surface area contributed by atoms with Crippen molar-refractivity contribution < 1.29 is 19.0 Å². The first-order chi connectivity index (χ1) is 16.2. The molecule has 0 radical (unpaired) electrons. The van der Waals surface area contributed by atoms with Crippen molar-refractivity contribution in [3.8, 4) is 17.6 Å². The molecule has 0 amide bonds. The lowest BCUT2D eigenvalue weighted by atomic mass is 9.68. The molecule has 0 saturated carbocycles. The molecule has 2 N–H and O–H groups in total. The monoisotopic (exact) mass is 485 g/mol. The molecule has 8 heteroatoms. The Kier molecular flexibility index (Phi) is 7.96. The van der Waals surface area contributed by atoms with Gasteiger partial charge in [0.05, 0.1) is 35.8 Å². The smallest absolute Gasteiger partial charge is 0.180 e. The Morgan fingerprint density at radius 2 is 2.09 bits per heavy atom. The summed E-state index contributed by atoms with van der Waals surface area (Å²) in [5.74, 6) is 0.517. The topological polar surface area (TPSA) is 97.8 Å². The summed E-state index contributed by atoms with van der Waals surface area (Å²) >= 11 is 6.61. The van der Waals surface area contributed by atoms with Gasteiger partial charge in [0, 0.05) is 31.3 Å². The van der Waals surface area contributed by atoms with Crippen LogP contribution in [0, 0.1) is 16.7 Å². The predicted octanol–water partition coefficient (Wildman–Crippen LogP) is 4.69. The van der Waals surface area contributed by atoms with E-state index in [2.05, 4.69) is 26.5 Å². The molecule has 1 heterocycles. The average Bonchev–Trinajstić information content (AvgIpc) is 2.76. The summed E-state index contributed by atoms with van der Waals surface area (Å²) in [5.41, 5.74) is 8.71. The van der Waals surface area contributed by atoms with E-state index in [0.717, 1.165) is 5.70 Å². The van der Waals surface area contributed by atoms with Crippen LogP contribution in [0.25, 0.3) is 0 Å². The van der Waals surface area contributed by atoms with Crippen molar-refractivity contribution in [1.29, 1.82) is 5.26 Å². The van der Waals surface area contributed by atoms with Gasteiger partial charge in [-0.05, 0) is 36.5 Å². The summed E-state index contributed by atoms with van der Waals surface area (Å²) in [7, 11) is 1.61. The normalized spacial score (nSPS) is 19.6. The van der Waals surface area contributed by atoms with Gasteiger partial charge in [-0.3, -0.25) is 4.79 Å². The highest BCUT2D eigenvalue weighted by Gasteiger charge is 2.44. The summed E-state index contributed by atoms with van der Waals surface area (Å²) in [6.07, 6.45) is 2.65.